The van der Waals surface area contributed by atoms with Gasteiger partial charge in [0.2, 0.25) is 10.0 Å². The summed E-state index contributed by atoms with van der Waals surface area (Å²) in [5, 5.41) is 1.63. The number of hydrogen-bond donors (Lipinski definition) is 1. The fourth-order valence-corrected chi connectivity index (χ4v) is 4.92. The lowest BCUT2D eigenvalue weighted by Crippen LogP contribution is -2.46. The summed E-state index contributed by atoms with van der Waals surface area (Å²) in [4.78, 5) is 4.76. The van der Waals surface area contributed by atoms with E-state index in [1.54, 1.807) is 12.1 Å². The molecule has 1 saturated heterocycles. The smallest absolute Gasteiger partial charge is 0.240 e. The molecule has 0 bridgehead atoms. The van der Waals surface area contributed by atoms with Gasteiger partial charge in [-0.1, -0.05) is 30.3 Å². The van der Waals surface area contributed by atoms with Gasteiger partial charge < -0.3 is 9.80 Å². The Kier molecular flexibility index (Phi) is 5.19. The van der Waals surface area contributed by atoms with E-state index in [4.69, 9.17) is 0 Å². The van der Waals surface area contributed by atoms with Crippen molar-refractivity contribution in [2.75, 3.05) is 43.0 Å². The largest absolute Gasteiger partial charge is 0.368 e. The highest BCUT2D eigenvalue weighted by molar-refractivity contribution is 7.89. The molecule has 1 heterocycles. The van der Waals surface area contributed by atoms with Crippen molar-refractivity contribution >= 4 is 32.2 Å². The van der Waals surface area contributed by atoms with Crippen LogP contribution in [0.1, 0.15) is 5.56 Å². The fourth-order valence-electron chi connectivity index (χ4n) is 3.99. The predicted octanol–water partition coefficient (Wildman–Crippen LogP) is 3.52. The summed E-state index contributed by atoms with van der Waals surface area (Å²) in [5.74, 6) is -0.222. The lowest BCUT2D eigenvalue weighted by atomic mass is 10.1. The van der Waals surface area contributed by atoms with Crippen LogP contribution in [0, 0.1) is 12.7 Å². The zero-order chi connectivity index (χ0) is 20.6. The van der Waals surface area contributed by atoms with Gasteiger partial charge in [0.25, 0.3) is 0 Å². The molecule has 152 valence electrons. The topological polar surface area (TPSA) is 52.7 Å². The molecule has 5 nitrogen and oxygen atoms in total. The number of benzene rings is 3. The molecular formula is C22H24FN3O2S. The van der Waals surface area contributed by atoms with Crippen molar-refractivity contribution in [2.24, 2.45) is 0 Å². The molecule has 0 aliphatic carbocycles. The molecule has 0 atom stereocenters. The first kappa shape index (κ1) is 19.7. The van der Waals surface area contributed by atoms with E-state index in [-0.39, 0.29) is 10.7 Å². The maximum absolute atomic E-state index is 13.7. The predicted molar refractivity (Wildman–Crippen MR) is 116 cm³/mol. The molecule has 29 heavy (non-hydrogen) atoms. The van der Waals surface area contributed by atoms with Gasteiger partial charge in [0.1, 0.15) is 5.82 Å². The Morgan fingerprint density at radius 3 is 2.14 bits per heavy atom. The Labute approximate surface area is 170 Å². The highest BCUT2D eigenvalue weighted by atomic mass is 32.2. The minimum atomic E-state index is -3.54. The Morgan fingerprint density at radius 2 is 1.48 bits per heavy atom. The number of anilines is 2. The van der Waals surface area contributed by atoms with Crippen LogP contribution >= 0.6 is 0 Å². The quantitative estimate of drug-likeness (QED) is 0.711. The first-order chi connectivity index (χ1) is 13.9. The number of sulfonamides is 1. The monoisotopic (exact) mass is 413 g/mol. The van der Waals surface area contributed by atoms with Crippen LogP contribution in [0.4, 0.5) is 15.8 Å². The maximum Gasteiger partial charge on any atom is 0.240 e. The van der Waals surface area contributed by atoms with Gasteiger partial charge in [-0.25, -0.2) is 17.5 Å². The number of nitrogens with zero attached hydrogens (tertiary/aromatic N) is 2. The molecule has 3 aromatic rings. The molecule has 1 aliphatic heterocycles. The van der Waals surface area contributed by atoms with E-state index in [0.29, 0.717) is 5.39 Å². The van der Waals surface area contributed by atoms with Gasteiger partial charge in [-0.3, -0.25) is 0 Å². The van der Waals surface area contributed by atoms with E-state index in [2.05, 4.69) is 14.5 Å². The molecule has 0 unspecified atom stereocenters. The van der Waals surface area contributed by atoms with Crippen molar-refractivity contribution in [1.82, 2.24) is 4.72 Å². The third kappa shape index (κ3) is 3.68. The molecule has 1 N–H and O–H groups in total. The standard InChI is InChI=1S/C22H24FN3O2S/c1-16-7-8-17(23)15-21(16)26-13-11-25(12-14-26)20-9-10-22(29(27,28)24-2)19-6-4-3-5-18(19)20/h3-10,15,24H,11-14H2,1-2H3. The number of halogens is 1. The Morgan fingerprint density at radius 1 is 0.862 bits per heavy atom. The summed E-state index contributed by atoms with van der Waals surface area (Å²) in [6, 6.07) is 16.0. The van der Waals surface area contributed by atoms with Crippen molar-refractivity contribution in [1.29, 1.82) is 0 Å². The molecule has 1 aliphatic rings. The Bertz CT molecular complexity index is 1160. The summed E-state index contributed by atoms with van der Waals surface area (Å²) >= 11 is 0. The third-order valence-corrected chi connectivity index (χ3v) is 7.02. The van der Waals surface area contributed by atoms with Gasteiger partial charge >= 0.3 is 0 Å². The van der Waals surface area contributed by atoms with E-state index >= 15 is 0 Å². The van der Waals surface area contributed by atoms with E-state index in [0.717, 1.165) is 48.5 Å². The SMILES string of the molecule is CNS(=O)(=O)c1ccc(N2CCN(c3cc(F)ccc3C)CC2)c2ccccc12. The second-order valence-electron chi connectivity index (χ2n) is 7.24. The van der Waals surface area contributed by atoms with E-state index < -0.39 is 10.0 Å². The third-order valence-electron chi connectivity index (χ3n) is 5.55. The first-order valence-corrected chi connectivity index (χ1v) is 11.1. The summed E-state index contributed by atoms with van der Waals surface area (Å²) < 4.78 is 40.9. The Balaban J connectivity index is 1.64. The van der Waals surface area contributed by atoms with Crippen LogP contribution in [0.3, 0.4) is 0 Å². The van der Waals surface area contributed by atoms with Gasteiger partial charge in [0.15, 0.2) is 0 Å². The molecule has 3 aromatic carbocycles. The molecule has 4 rings (SSSR count). The number of fused-ring (bicyclic) bond motifs is 1. The fraction of sp³-hybridized carbons (Fsp3) is 0.273. The van der Waals surface area contributed by atoms with Gasteiger partial charge in [0.05, 0.1) is 4.90 Å². The lowest BCUT2D eigenvalue weighted by Gasteiger charge is -2.38. The molecule has 0 spiro atoms. The number of hydrogen-bond acceptors (Lipinski definition) is 4. The first-order valence-electron chi connectivity index (χ1n) is 9.62. The molecule has 0 saturated carbocycles. The number of nitrogens with one attached hydrogen (secondary N) is 1. The van der Waals surface area contributed by atoms with Crippen LogP contribution in [0.2, 0.25) is 0 Å². The van der Waals surface area contributed by atoms with Gasteiger partial charge in [-0.15, -0.1) is 0 Å². The lowest BCUT2D eigenvalue weighted by molar-refractivity contribution is 0.589. The second kappa shape index (κ2) is 7.65. The minimum Gasteiger partial charge on any atom is -0.368 e. The van der Waals surface area contributed by atoms with Crippen molar-refractivity contribution in [3.05, 3.63) is 66.0 Å². The van der Waals surface area contributed by atoms with Crippen molar-refractivity contribution < 1.29 is 12.8 Å². The van der Waals surface area contributed by atoms with Gasteiger partial charge in [-0.2, -0.15) is 0 Å². The molecule has 0 amide bonds. The van der Waals surface area contributed by atoms with Gasteiger partial charge in [0, 0.05) is 48.3 Å². The van der Waals surface area contributed by atoms with Crippen LogP contribution in [0.15, 0.2) is 59.5 Å². The Hall–Kier alpha value is -2.64. The molecular weight excluding hydrogens is 389 g/mol. The van der Waals surface area contributed by atoms with Crippen molar-refractivity contribution in [3.63, 3.8) is 0 Å². The summed E-state index contributed by atoms with van der Waals surface area (Å²) in [6.45, 7) is 5.09. The van der Waals surface area contributed by atoms with Crippen molar-refractivity contribution in [2.45, 2.75) is 11.8 Å². The number of piperazine rings is 1. The zero-order valence-corrected chi connectivity index (χ0v) is 17.3. The zero-order valence-electron chi connectivity index (χ0n) is 16.5. The van der Waals surface area contributed by atoms with Gasteiger partial charge in [-0.05, 0) is 43.8 Å². The van der Waals surface area contributed by atoms with Crippen LogP contribution in [0.5, 0.6) is 0 Å². The van der Waals surface area contributed by atoms with Crippen LogP contribution in [-0.2, 0) is 10.0 Å². The highest BCUT2D eigenvalue weighted by Gasteiger charge is 2.23. The highest BCUT2D eigenvalue weighted by Crippen LogP contribution is 2.33. The van der Waals surface area contributed by atoms with Crippen molar-refractivity contribution in [3.8, 4) is 0 Å². The molecule has 1 fully saturated rings. The summed E-state index contributed by atoms with van der Waals surface area (Å²) in [7, 11) is -2.12. The average Bonchev–Trinajstić information content (AvgIpc) is 2.75. The minimum absolute atomic E-state index is 0.222. The van der Waals surface area contributed by atoms with E-state index in [9.17, 15) is 12.8 Å². The molecule has 0 radical (unpaired) electrons. The normalized spacial score (nSPS) is 15.1. The second-order valence-corrected chi connectivity index (χ2v) is 9.10. The number of aryl methyl sites for hydroxylation is 1. The molecule has 0 aromatic heterocycles. The number of rotatable bonds is 4. The van der Waals surface area contributed by atoms with E-state index in [1.807, 2.05) is 43.3 Å². The summed E-state index contributed by atoms with van der Waals surface area (Å²) in [6.07, 6.45) is 0. The van der Waals surface area contributed by atoms with Crippen LogP contribution < -0.4 is 14.5 Å². The maximum atomic E-state index is 13.7. The van der Waals surface area contributed by atoms with E-state index in [1.165, 1.54) is 13.1 Å². The van der Waals surface area contributed by atoms with Crippen LogP contribution in [0.25, 0.3) is 10.8 Å². The average molecular weight is 414 g/mol. The summed E-state index contributed by atoms with van der Waals surface area (Å²) in [5.41, 5.74) is 3.02. The molecule has 7 heteroatoms. The van der Waals surface area contributed by atoms with Crippen LogP contribution in [-0.4, -0.2) is 41.6 Å².